The SMILES string of the molecule is CCc1ccc(NC(=O)CSc2nc(-c3ccc(C)cc3)c(C#N)c(=O)[nH]2)cc1. The summed E-state index contributed by atoms with van der Waals surface area (Å²) in [5.74, 6) is -0.124. The third kappa shape index (κ3) is 5.12. The second-order valence-electron chi connectivity index (χ2n) is 6.46. The average molecular weight is 404 g/mol. The first kappa shape index (κ1) is 20.4. The Morgan fingerprint density at radius 3 is 2.48 bits per heavy atom. The fraction of sp³-hybridized carbons (Fsp3) is 0.182. The van der Waals surface area contributed by atoms with Gasteiger partial charge in [-0.15, -0.1) is 0 Å². The Bertz CT molecular complexity index is 1110. The number of H-pyrrole nitrogens is 1. The minimum absolute atomic E-state index is 0.0429. The first-order valence-corrected chi connectivity index (χ1v) is 10.1. The number of nitriles is 1. The molecule has 0 spiro atoms. The van der Waals surface area contributed by atoms with Crippen molar-refractivity contribution in [1.29, 1.82) is 5.26 Å². The molecule has 0 bridgehead atoms. The van der Waals surface area contributed by atoms with E-state index in [0.29, 0.717) is 16.4 Å². The van der Waals surface area contributed by atoms with Gasteiger partial charge < -0.3 is 10.3 Å². The molecule has 0 aliphatic heterocycles. The van der Waals surface area contributed by atoms with Crippen LogP contribution in [0, 0.1) is 18.3 Å². The van der Waals surface area contributed by atoms with E-state index in [-0.39, 0.29) is 17.2 Å². The quantitative estimate of drug-likeness (QED) is 0.479. The number of thioether (sulfide) groups is 1. The van der Waals surface area contributed by atoms with E-state index in [1.165, 1.54) is 5.56 Å². The van der Waals surface area contributed by atoms with Crippen LogP contribution in [0.2, 0.25) is 0 Å². The molecule has 146 valence electrons. The van der Waals surface area contributed by atoms with Gasteiger partial charge in [-0.1, -0.05) is 60.6 Å². The molecular formula is C22H20N4O2S. The van der Waals surface area contributed by atoms with Gasteiger partial charge in [-0.25, -0.2) is 4.98 Å². The zero-order valence-corrected chi connectivity index (χ0v) is 17.0. The number of carbonyl (C=O) groups is 1. The van der Waals surface area contributed by atoms with Crippen LogP contribution in [-0.2, 0) is 11.2 Å². The second kappa shape index (κ2) is 9.22. The van der Waals surface area contributed by atoms with E-state index in [4.69, 9.17) is 0 Å². The van der Waals surface area contributed by atoms with Crippen molar-refractivity contribution in [3.05, 3.63) is 75.6 Å². The average Bonchev–Trinajstić information content (AvgIpc) is 2.73. The largest absolute Gasteiger partial charge is 0.325 e. The number of benzene rings is 2. The molecule has 0 saturated heterocycles. The van der Waals surface area contributed by atoms with Crippen LogP contribution in [0.3, 0.4) is 0 Å². The summed E-state index contributed by atoms with van der Waals surface area (Å²) in [7, 11) is 0. The van der Waals surface area contributed by atoms with Gasteiger partial charge in [0.1, 0.15) is 11.6 Å². The monoisotopic (exact) mass is 404 g/mol. The number of amides is 1. The van der Waals surface area contributed by atoms with Crippen molar-refractivity contribution in [3.8, 4) is 17.3 Å². The summed E-state index contributed by atoms with van der Waals surface area (Å²) < 4.78 is 0. The lowest BCUT2D eigenvalue weighted by molar-refractivity contribution is -0.113. The number of carbonyl (C=O) groups excluding carboxylic acids is 1. The van der Waals surface area contributed by atoms with Crippen LogP contribution < -0.4 is 10.9 Å². The molecule has 3 rings (SSSR count). The lowest BCUT2D eigenvalue weighted by Crippen LogP contribution is -2.17. The summed E-state index contributed by atoms with van der Waals surface area (Å²) >= 11 is 1.11. The van der Waals surface area contributed by atoms with E-state index >= 15 is 0 Å². The van der Waals surface area contributed by atoms with Gasteiger partial charge in [-0.05, 0) is 31.0 Å². The first-order chi connectivity index (χ1) is 14.0. The predicted octanol–water partition coefficient (Wildman–Crippen LogP) is 3.91. The maximum Gasteiger partial charge on any atom is 0.270 e. The van der Waals surface area contributed by atoms with Crippen LogP contribution >= 0.6 is 11.8 Å². The molecule has 2 N–H and O–H groups in total. The zero-order chi connectivity index (χ0) is 20.8. The number of nitrogens with zero attached hydrogens (tertiary/aromatic N) is 2. The van der Waals surface area contributed by atoms with Crippen LogP contribution in [-0.4, -0.2) is 21.6 Å². The summed E-state index contributed by atoms with van der Waals surface area (Å²) in [6.07, 6.45) is 0.936. The summed E-state index contributed by atoms with van der Waals surface area (Å²) in [5, 5.41) is 12.5. The van der Waals surface area contributed by atoms with Gasteiger partial charge in [0.15, 0.2) is 5.16 Å². The third-order valence-corrected chi connectivity index (χ3v) is 5.19. The Hall–Kier alpha value is -3.37. The van der Waals surface area contributed by atoms with E-state index in [1.54, 1.807) is 0 Å². The summed E-state index contributed by atoms with van der Waals surface area (Å²) in [6, 6.07) is 17.0. The number of aryl methyl sites for hydroxylation is 2. The minimum atomic E-state index is -0.517. The molecule has 29 heavy (non-hydrogen) atoms. The number of aromatic amines is 1. The van der Waals surface area contributed by atoms with E-state index in [2.05, 4.69) is 22.2 Å². The normalized spacial score (nSPS) is 10.4. The van der Waals surface area contributed by atoms with Crippen LogP contribution in [0.25, 0.3) is 11.3 Å². The Morgan fingerprint density at radius 1 is 1.17 bits per heavy atom. The minimum Gasteiger partial charge on any atom is -0.325 e. The maximum absolute atomic E-state index is 12.3. The zero-order valence-electron chi connectivity index (χ0n) is 16.2. The molecular weight excluding hydrogens is 384 g/mol. The standard InChI is InChI=1S/C22H20N4O2S/c1-3-15-6-10-17(11-7-15)24-19(27)13-29-22-25-20(18(12-23)21(28)26-22)16-8-4-14(2)5-9-16/h4-11H,3,13H2,1-2H3,(H,24,27)(H,25,26,28). The summed E-state index contributed by atoms with van der Waals surface area (Å²) in [6.45, 7) is 4.02. The molecule has 1 aromatic heterocycles. The Kier molecular flexibility index (Phi) is 6.47. The van der Waals surface area contributed by atoms with Crippen LogP contribution in [0.1, 0.15) is 23.6 Å². The van der Waals surface area contributed by atoms with Gasteiger partial charge in [-0.2, -0.15) is 5.26 Å². The highest BCUT2D eigenvalue weighted by molar-refractivity contribution is 7.99. The highest BCUT2D eigenvalue weighted by Crippen LogP contribution is 2.22. The fourth-order valence-corrected chi connectivity index (χ4v) is 3.36. The van der Waals surface area contributed by atoms with Crippen molar-refractivity contribution in [3.63, 3.8) is 0 Å². The van der Waals surface area contributed by atoms with Gasteiger partial charge in [0.05, 0.1) is 11.4 Å². The number of rotatable bonds is 6. The second-order valence-corrected chi connectivity index (χ2v) is 7.42. The van der Waals surface area contributed by atoms with Crippen molar-refractivity contribution in [2.45, 2.75) is 25.4 Å². The lowest BCUT2D eigenvalue weighted by Gasteiger charge is -2.08. The molecule has 0 atom stereocenters. The van der Waals surface area contributed by atoms with Gasteiger partial charge in [0, 0.05) is 11.3 Å². The molecule has 2 aromatic carbocycles. The van der Waals surface area contributed by atoms with Gasteiger partial charge in [0.25, 0.3) is 5.56 Å². The summed E-state index contributed by atoms with van der Waals surface area (Å²) in [5.41, 5.74) is 3.41. The van der Waals surface area contributed by atoms with Gasteiger partial charge in [-0.3, -0.25) is 9.59 Å². The van der Waals surface area contributed by atoms with Crippen molar-refractivity contribution in [1.82, 2.24) is 9.97 Å². The smallest absolute Gasteiger partial charge is 0.270 e. The molecule has 0 radical (unpaired) electrons. The highest BCUT2D eigenvalue weighted by Gasteiger charge is 2.14. The molecule has 0 saturated carbocycles. The van der Waals surface area contributed by atoms with Gasteiger partial charge in [0.2, 0.25) is 5.91 Å². The molecule has 1 heterocycles. The molecule has 6 nitrogen and oxygen atoms in total. The van der Waals surface area contributed by atoms with Crippen LogP contribution in [0.5, 0.6) is 0 Å². The van der Waals surface area contributed by atoms with Crippen LogP contribution in [0.15, 0.2) is 58.5 Å². The highest BCUT2D eigenvalue weighted by atomic mass is 32.2. The number of hydrogen-bond acceptors (Lipinski definition) is 5. The van der Waals surface area contributed by atoms with Crippen molar-refractivity contribution >= 4 is 23.4 Å². The fourth-order valence-electron chi connectivity index (χ4n) is 2.70. The molecule has 1 amide bonds. The Balaban J connectivity index is 1.75. The molecule has 0 aliphatic carbocycles. The molecule has 0 fully saturated rings. The van der Waals surface area contributed by atoms with Crippen molar-refractivity contribution in [2.24, 2.45) is 0 Å². The lowest BCUT2D eigenvalue weighted by atomic mass is 10.1. The number of hydrogen-bond donors (Lipinski definition) is 2. The molecule has 3 aromatic rings. The van der Waals surface area contributed by atoms with E-state index < -0.39 is 5.56 Å². The van der Waals surface area contributed by atoms with Crippen molar-refractivity contribution in [2.75, 3.05) is 11.1 Å². The number of aromatic nitrogens is 2. The predicted molar refractivity (Wildman–Crippen MR) is 115 cm³/mol. The molecule has 0 aliphatic rings. The van der Waals surface area contributed by atoms with Gasteiger partial charge >= 0.3 is 0 Å². The van der Waals surface area contributed by atoms with E-state index in [1.807, 2.05) is 61.5 Å². The Morgan fingerprint density at radius 2 is 1.86 bits per heavy atom. The molecule has 0 unspecified atom stereocenters. The van der Waals surface area contributed by atoms with Crippen LogP contribution in [0.4, 0.5) is 5.69 Å². The van der Waals surface area contributed by atoms with Crippen molar-refractivity contribution < 1.29 is 4.79 Å². The maximum atomic E-state index is 12.3. The number of anilines is 1. The summed E-state index contributed by atoms with van der Waals surface area (Å²) in [4.78, 5) is 31.5. The number of nitrogens with one attached hydrogen (secondary N) is 2. The first-order valence-electron chi connectivity index (χ1n) is 9.13. The van der Waals surface area contributed by atoms with E-state index in [9.17, 15) is 14.9 Å². The Labute approximate surface area is 173 Å². The third-order valence-electron chi connectivity index (χ3n) is 4.32. The van der Waals surface area contributed by atoms with E-state index in [0.717, 1.165) is 29.4 Å². The molecule has 7 heteroatoms. The topological polar surface area (TPSA) is 98.6 Å².